The molecule has 5 nitrogen and oxygen atoms in total. The molecule has 1 aromatic carbocycles. The Labute approximate surface area is 173 Å². The zero-order valence-electron chi connectivity index (χ0n) is 18.5. The molecule has 0 saturated heterocycles. The maximum Gasteiger partial charge on any atom is 0.342 e. The fourth-order valence-electron chi connectivity index (χ4n) is 7.69. The van der Waals surface area contributed by atoms with Crippen LogP contribution in [0.2, 0.25) is 0 Å². The van der Waals surface area contributed by atoms with E-state index in [0.717, 1.165) is 24.8 Å². The van der Waals surface area contributed by atoms with Gasteiger partial charge in [0, 0.05) is 5.56 Å². The van der Waals surface area contributed by atoms with Gasteiger partial charge in [0.1, 0.15) is 5.56 Å². The average molecular weight is 403 g/mol. The van der Waals surface area contributed by atoms with Gasteiger partial charge in [0.05, 0.1) is 14.2 Å². The molecule has 160 valence electrons. The van der Waals surface area contributed by atoms with E-state index in [9.17, 15) is 15.0 Å². The van der Waals surface area contributed by atoms with E-state index in [1.807, 2.05) is 0 Å². The number of hydrogen-bond acceptors (Lipinski definition) is 5. The molecule has 0 radical (unpaired) electrons. The van der Waals surface area contributed by atoms with Crippen molar-refractivity contribution in [3.63, 3.8) is 0 Å². The van der Waals surface area contributed by atoms with Crippen LogP contribution in [0.15, 0.2) is 0 Å². The Hall–Kier alpha value is -1.91. The number of benzene rings is 1. The van der Waals surface area contributed by atoms with Crippen molar-refractivity contribution in [1.82, 2.24) is 0 Å². The molecule has 0 aliphatic heterocycles. The highest BCUT2D eigenvalue weighted by atomic mass is 16.5. The molecule has 4 atom stereocenters. The molecular formula is C24H34O5. The van der Waals surface area contributed by atoms with E-state index in [1.165, 1.54) is 27.1 Å². The molecule has 2 saturated carbocycles. The van der Waals surface area contributed by atoms with Gasteiger partial charge in [-0.25, -0.2) is 4.79 Å². The Morgan fingerprint density at radius 3 is 2.31 bits per heavy atom. The minimum Gasteiger partial charge on any atom is -0.504 e. The molecule has 29 heavy (non-hydrogen) atoms. The van der Waals surface area contributed by atoms with Crippen LogP contribution in [0.1, 0.15) is 81.3 Å². The first-order valence-corrected chi connectivity index (χ1v) is 10.8. The van der Waals surface area contributed by atoms with Gasteiger partial charge in [-0.3, -0.25) is 0 Å². The predicted molar refractivity (Wildman–Crippen MR) is 111 cm³/mol. The Morgan fingerprint density at radius 1 is 1.00 bits per heavy atom. The van der Waals surface area contributed by atoms with Crippen LogP contribution in [0, 0.1) is 22.7 Å². The monoisotopic (exact) mass is 402 g/mol. The number of phenolic OH excluding ortho intramolecular Hbond substituents is 2. The highest BCUT2D eigenvalue weighted by Crippen LogP contribution is 2.69. The second-order valence-electron chi connectivity index (χ2n) is 10.6. The summed E-state index contributed by atoms with van der Waals surface area (Å²) in [4.78, 5) is 12.8. The number of hydrogen-bond donors (Lipinski definition) is 2. The molecule has 3 aliphatic carbocycles. The maximum atomic E-state index is 12.8. The zero-order chi connectivity index (χ0) is 21.4. The van der Waals surface area contributed by atoms with Crippen LogP contribution in [0.3, 0.4) is 0 Å². The van der Waals surface area contributed by atoms with Crippen LogP contribution in [-0.2, 0) is 16.6 Å². The predicted octanol–water partition coefficient (Wildman–Crippen LogP) is 4.95. The van der Waals surface area contributed by atoms with Gasteiger partial charge in [0.25, 0.3) is 0 Å². The molecular weight excluding hydrogens is 368 g/mol. The number of fused-ring (bicyclic) bond motifs is 5. The summed E-state index contributed by atoms with van der Waals surface area (Å²) in [7, 11) is 2.75. The summed E-state index contributed by atoms with van der Waals surface area (Å²) in [5.41, 5.74) is 1.94. The summed E-state index contributed by atoms with van der Waals surface area (Å²) in [5, 5.41) is 21.5. The molecule has 3 aliphatic rings. The third-order valence-corrected chi connectivity index (χ3v) is 8.87. The van der Waals surface area contributed by atoms with Crippen molar-refractivity contribution in [1.29, 1.82) is 0 Å². The number of rotatable bonds is 2. The van der Waals surface area contributed by atoms with Gasteiger partial charge in [-0.15, -0.1) is 0 Å². The zero-order valence-corrected chi connectivity index (χ0v) is 18.5. The van der Waals surface area contributed by atoms with E-state index in [1.54, 1.807) is 0 Å². The van der Waals surface area contributed by atoms with Crippen LogP contribution in [-0.4, -0.2) is 30.4 Å². The Morgan fingerprint density at radius 2 is 1.69 bits per heavy atom. The average Bonchev–Trinajstić information content (AvgIpc) is 2.97. The van der Waals surface area contributed by atoms with Gasteiger partial charge in [-0.2, -0.15) is 0 Å². The summed E-state index contributed by atoms with van der Waals surface area (Å²) in [6, 6.07) is 0. The summed E-state index contributed by atoms with van der Waals surface area (Å²) >= 11 is 0. The van der Waals surface area contributed by atoms with Crippen LogP contribution >= 0.6 is 0 Å². The van der Waals surface area contributed by atoms with E-state index in [4.69, 9.17) is 9.47 Å². The lowest BCUT2D eigenvalue weighted by molar-refractivity contribution is -0.0984. The number of carbonyl (C=O) groups is 1. The molecule has 1 aromatic rings. The molecule has 0 spiro atoms. The van der Waals surface area contributed by atoms with Crippen molar-refractivity contribution in [2.75, 3.05) is 14.2 Å². The molecule has 2 fully saturated rings. The van der Waals surface area contributed by atoms with E-state index in [2.05, 4.69) is 27.7 Å². The topological polar surface area (TPSA) is 76.0 Å². The number of methoxy groups -OCH3 is 2. The second-order valence-corrected chi connectivity index (χ2v) is 10.6. The van der Waals surface area contributed by atoms with Gasteiger partial charge in [0.15, 0.2) is 11.5 Å². The summed E-state index contributed by atoms with van der Waals surface area (Å²) in [6.45, 7) is 9.44. The lowest BCUT2D eigenvalue weighted by Crippen LogP contribution is -2.55. The van der Waals surface area contributed by atoms with Crippen LogP contribution < -0.4 is 4.74 Å². The van der Waals surface area contributed by atoms with E-state index in [0.29, 0.717) is 23.8 Å². The Bertz CT molecular complexity index is 873. The van der Waals surface area contributed by atoms with Crippen LogP contribution in [0.4, 0.5) is 0 Å². The SMILES string of the molecule is COC(=O)c1c(OC)c(O)c(O)c2c1[C@]1(C)CC[C@H]3C(C)(C)CCC[C@]3(C)[C@H]1C2. The fourth-order valence-corrected chi connectivity index (χ4v) is 7.69. The smallest absolute Gasteiger partial charge is 0.342 e. The normalized spacial score (nSPS) is 34.7. The van der Waals surface area contributed by atoms with Crippen molar-refractivity contribution < 1.29 is 24.5 Å². The van der Waals surface area contributed by atoms with Crippen molar-refractivity contribution in [2.24, 2.45) is 22.7 Å². The van der Waals surface area contributed by atoms with Crippen molar-refractivity contribution in [2.45, 2.75) is 71.6 Å². The molecule has 0 amide bonds. The number of aromatic hydroxyl groups is 2. The number of phenols is 2. The molecule has 5 heteroatoms. The van der Waals surface area contributed by atoms with Crippen molar-refractivity contribution >= 4 is 5.97 Å². The summed E-state index contributed by atoms with van der Waals surface area (Å²) in [6.07, 6.45) is 6.32. The third kappa shape index (κ3) is 2.48. The molecule has 0 aromatic heterocycles. The Kier molecular flexibility index (Phi) is 4.42. The van der Waals surface area contributed by atoms with Gasteiger partial charge >= 0.3 is 5.97 Å². The van der Waals surface area contributed by atoms with Crippen LogP contribution in [0.5, 0.6) is 17.2 Å². The number of ether oxygens (including phenoxy) is 2. The minimum absolute atomic E-state index is 0.0197. The highest BCUT2D eigenvalue weighted by molar-refractivity contribution is 5.97. The number of carbonyl (C=O) groups excluding carboxylic acids is 1. The standard InChI is InChI=1S/C24H34O5/c1-22(2)9-7-10-23(3)14(22)8-11-24(4)15(23)12-13-17(24)16(21(27)29-6)20(28-5)19(26)18(13)25/h14-15,25-26H,7-12H2,1-6H3/t14-,15+,23-,24+/m0/s1. The molecule has 0 unspecified atom stereocenters. The molecule has 2 N–H and O–H groups in total. The quantitative estimate of drug-likeness (QED) is 0.541. The number of esters is 1. The highest BCUT2D eigenvalue weighted by Gasteiger charge is 2.62. The first-order chi connectivity index (χ1) is 13.5. The lowest BCUT2D eigenvalue weighted by atomic mass is 9.43. The maximum absolute atomic E-state index is 12.8. The summed E-state index contributed by atoms with van der Waals surface area (Å²) < 4.78 is 10.5. The first kappa shape index (κ1) is 20.4. The van der Waals surface area contributed by atoms with E-state index < -0.39 is 5.97 Å². The van der Waals surface area contributed by atoms with Crippen molar-refractivity contribution in [3.8, 4) is 17.2 Å². The van der Waals surface area contributed by atoms with E-state index >= 15 is 0 Å². The molecule has 4 rings (SSSR count). The summed E-state index contributed by atoms with van der Waals surface area (Å²) in [5.74, 6) is -0.104. The molecule has 0 bridgehead atoms. The van der Waals surface area contributed by atoms with Gasteiger partial charge < -0.3 is 19.7 Å². The van der Waals surface area contributed by atoms with Gasteiger partial charge in [0.2, 0.25) is 5.75 Å². The third-order valence-electron chi connectivity index (χ3n) is 8.87. The van der Waals surface area contributed by atoms with E-state index in [-0.39, 0.29) is 39.1 Å². The van der Waals surface area contributed by atoms with Crippen LogP contribution in [0.25, 0.3) is 0 Å². The van der Waals surface area contributed by atoms with Gasteiger partial charge in [-0.05, 0) is 65.7 Å². The van der Waals surface area contributed by atoms with Gasteiger partial charge in [-0.1, -0.05) is 34.1 Å². The van der Waals surface area contributed by atoms with Crippen molar-refractivity contribution in [3.05, 3.63) is 16.7 Å². The second kappa shape index (κ2) is 6.29. The lowest BCUT2D eigenvalue weighted by Gasteiger charge is -2.61. The largest absolute Gasteiger partial charge is 0.504 e. The first-order valence-electron chi connectivity index (χ1n) is 10.8. The fraction of sp³-hybridized carbons (Fsp3) is 0.708. The minimum atomic E-state index is -0.522. The molecule has 0 heterocycles. The Balaban J connectivity index is 1.96.